The van der Waals surface area contributed by atoms with E-state index in [-0.39, 0.29) is 36.4 Å². The predicted octanol–water partition coefficient (Wildman–Crippen LogP) is 2.88. The average molecular weight is 460 g/mol. The van der Waals surface area contributed by atoms with E-state index >= 15 is 0 Å². The number of rotatable bonds is 13. The summed E-state index contributed by atoms with van der Waals surface area (Å²) in [5.41, 5.74) is 1.31. The van der Waals surface area contributed by atoms with E-state index in [1.54, 1.807) is 14.2 Å². The van der Waals surface area contributed by atoms with E-state index in [1.807, 2.05) is 24.8 Å². The van der Waals surface area contributed by atoms with Crippen molar-refractivity contribution in [3.63, 3.8) is 0 Å². The van der Waals surface area contributed by atoms with Crippen LogP contribution in [0.25, 0.3) is 0 Å². The molecule has 33 heavy (non-hydrogen) atoms. The molecular formula is C26H41N3O4. The van der Waals surface area contributed by atoms with Gasteiger partial charge in [-0.05, 0) is 43.1 Å². The van der Waals surface area contributed by atoms with E-state index < -0.39 is 6.04 Å². The quantitative estimate of drug-likeness (QED) is 0.460. The van der Waals surface area contributed by atoms with Crippen LogP contribution in [0.4, 0.5) is 0 Å². The molecule has 1 heterocycles. The summed E-state index contributed by atoms with van der Waals surface area (Å²) in [6.45, 7) is 6.83. The maximum Gasteiger partial charge on any atom is 0.245 e. The van der Waals surface area contributed by atoms with Crippen molar-refractivity contribution < 1.29 is 19.1 Å². The fourth-order valence-corrected chi connectivity index (χ4v) is 4.95. The van der Waals surface area contributed by atoms with Crippen molar-refractivity contribution in [1.29, 1.82) is 0 Å². The van der Waals surface area contributed by atoms with Gasteiger partial charge < -0.3 is 19.9 Å². The summed E-state index contributed by atoms with van der Waals surface area (Å²) in [5.74, 6) is 0.128. The monoisotopic (exact) mass is 459 g/mol. The lowest BCUT2D eigenvalue weighted by molar-refractivity contribution is -0.148. The van der Waals surface area contributed by atoms with Crippen LogP contribution in [0.2, 0.25) is 0 Å². The van der Waals surface area contributed by atoms with Gasteiger partial charge in [0, 0.05) is 20.7 Å². The molecule has 184 valence electrons. The van der Waals surface area contributed by atoms with Crippen LogP contribution in [0, 0.1) is 11.8 Å². The number of ether oxygens (including phenoxy) is 1. The number of carbonyl (C=O) groups excluding carboxylic acids is 3. The van der Waals surface area contributed by atoms with Gasteiger partial charge in [-0.3, -0.25) is 14.4 Å². The summed E-state index contributed by atoms with van der Waals surface area (Å²) in [7, 11) is 3.39. The standard InChI is InChI=1S/C26H41N3O4/c1-6-20(3)25(28(4)24(31)17-27-18-30)26(32)29-14-10-13-22(29)23(33-5)16-19(2)15-21-11-8-7-9-12-21/h7-9,11-12,18-20,22-23,25H,6,10,13-17H2,1-5H3,(H,27,30)/t19-,20?,22?,23?,25?/m1/s1. The van der Waals surface area contributed by atoms with Gasteiger partial charge in [0.25, 0.3) is 0 Å². The van der Waals surface area contributed by atoms with Gasteiger partial charge in [0.2, 0.25) is 18.2 Å². The van der Waals surface area contributed by atoms with Crippen LogP contribution in [-0.2, 0) is 25.5 Å². The fourth-order valence-electron chi connectivity index (χ4n) is 4.95. The average Bonchev–Trinajstić information content (AvgIpc) is 3.31. The Balaban J connectivity index is 2.13. The summed E-state index contributed by atoms with van der Waals surface area (Å²) in [6.07, 6.45) is 4.90. The first-order valence-corrected chi connectivity index (χ1v) is 12.1. The molecule has 3 amide bonds. The molecule has 0 aliphatic carbocycles. The second kappa shape index (κ2) is 13.3. The van der Waals surface area contributed by atoms with Crippen LogP contribution < -0.4 is 5.32 Å². The van der Waals surface area contributed by atoms with Crippen molar-refractivity contribution in [2.45, 2.75) is 71.1 Å². The lowest BCUT2D eigenvalue weighted by atomic mass is 9.91. The van der Waals surface area contributed by atoms with Crippen molar-refractivity contribution in [2.75, 3.05) is 27.2 Å². The van der Waals surface area contributed by atoms with Crippen molar-refractivity contribution >= 4 is 18.2 Å². The van der Waals surface area contributed by atoms with Crippen LogP contribution in [0.5, 0.6) is 0 Å². The molecule has 1 aromatic carbocycles. The molecule has 4 unspecified atom stereocenters. The third kappa shape index (κ3) is 7.29. The third-order valence-corrected chi connectivity index (χ3v) is 6.96. The Morgan fingerprint density at radius 1 is 1.27 bits per heavy atom. The van der Waals surface area contributed by atoms with Gasteiger partial charge in [0.05, 0.1) is 18.7 Å². The smallest absolute Gasteiger partial charge is 0.245 e. The number of nitrogens with zero attached hydrogens (tertiary/aromatic N) is 2. The SMILES string of the molecule is CCC(C)C(C(=O)N1CCCC1C(C[C@H](C)Cc1ccccc1)OC)N(C)C(=O)CNC=O. The minimum atomic E-state index is -0.559. The van der Waals surface area contributed by atoms with E-state index in [1.165, 1.54) is 10.5 Å². The molecule has 1 saturated heterocycles. The molecule has 1 aliphatic rings. The number of hydrogen-bond acceptors (Lipinski definition) is 4. The summed E-state index contributed by atoms with van der Waals surface area (Å²) in [4.78, 5) is 40.4. The van der Waals surface area contributed by atoms with Crippen molar-refractivity contribution in [2.24, 2.45) is 11.8 Å². The number of benzene rings is 1. The van der Waals surface area contributed by atoms with Crippen LogP contribution in [0.3, 0.4) is 0 Å². The van der Waals surface area contributed by atoms with Gasteiger partial charge in [-0.15, -0.1) is 0 Å². The maximum atomic E-state index is 13.8. The van der Waals surface area contributed by atoms with Crippen molar-refractivity contribution in [1.82, 2.24) is 15.1 Å². The second-order valence-electron chi connectivity index (χ2n) is 9.38. The highest BCUT2D eigenvalue weighted by Gasteiger charge is 2.41. The predicted molar refractivity (Wildman–Crippen MR) is 130 cm³/mol. The van der Waals surface area contributed by atoms with Crippen LogP contribution in [-0.4, -0.2) is 73.5 Å². The number of hydrogen-bond donors (Lipinski definition) is 1. The number of likely N-dealkylation sites (tertiary alicyclic amines) is 1. The van der Waals surface area contributed by atoms with E-state index in [4.69, 9.17) is 4.74 Å². The first-order chi connectivity index (χ1) is 15.8. The van der Waals surface area contributed by atoms with Crippen molar-refractivity contribution in [3.8, 4) is 0 Å². The Morgan fingerprint density at radius 3 is 2.58 bits per heavy atom. The van der Waals surface area contributed by atoms with Gasteiger partial charge in [-0.2, -0.15) is 0 Å². The van der Waals surface area contributed by atoms with E-state index in [0.29, 0.717) is 18.9 Å². The number of methoxy groups -OCH3 is 1. The maximum absolute atomic E-state index is 13.8. The molecule has 0 saturated carbocycles. The summed E-state index contributed by atoms with van der Waals surface area (Å²) < 4.78 is 5.93. The topological polar surface area (TPSA) is 79.0 Å². The number of amides is 3. The van der Waals surface area contributed by atoms with E-state index in [9.17, 15) is 14.4 Å². The summed E-state index contributed by atoms with van der Waals surface area (Å²) in [5, 5.41) is 2.41. The first kappa shape index (κ1) is 26.8. The molecule has 1 aliphatic heterocycles. The molecule has 7 nitrogen and oxygen atoms in total. The van der Waals surface area contributed by atoms with Gasteiger partial charge in [-0.1, -0.05) is 57.5 Å². The highest BCUT2D eigenvalue weighted by Crippen LogP contribution is 2.29. The molecule has 1 fully saturated rings. The fraction of sp³-hybridized carbons (Fsp3) is 0.654. The summed E-state index contributed by atoms with van der Waals surface area (Å²) in [6, 6.07) is 9.88. The van der Waals surface area contributed by atoms with E-state index in [2.05, 4.69) is 36.5 Å². The second-order valence-corrected chi connectivity index (χ2v) is 9.38. The molecule has 0 spiro atoms. The Kier molecular flexibility index (Phi) is 10.8. The van der Waals surface area contributed by atoms with E-state index in [0.717, 1.165) is 32.1 Å². The molecule has 0 aromatic heterocycles. The highest BCUT2D eigenvalue weighted by molar-refractivity contribution is 5.89. The number of nitrogens with one attached hydrogen (secondary N) is 1. The zero-order chi connectivity index (χ0) is 24.4. The Bertz CT molecular complexity index is 757. The zero-order valence-electron chi connectivity index (χ0n) is 20.8. The normalized spacial score (nSPS) is 19.4. The molecule has 2 rings (SSSR count). The van der Waals surface area contributed by atoms with Crippen LogP contribution in [0.15, 0.2) is 30.3 Å². The Morgan fingerprint density at radius 2 is 1.97 bits per heavy atom. The third-order valence-electron chi connectivity index (χ3n) is 6.96. The largest absolute Gasteiger partial charge is 0.379 e. The molecular weight excluding hydrogens is 418 g/mol. The Hall–Kier alpha value is -2.41. The number of carbonyl (C=O) groups is 3. The van der Waals surface area contributed by atoms with Crippen LogP contribution >= 0.6 is 0 Å². The number of likely N-dealkylation sites (N-methyl/N-ethyl adjacent to an activating group) is 1. The first-order valence-electron chi connectivity index (χ1n) is 12.1. The Labute approximate surface area is 198 Å². The van der Waals surface area contributed by atoms with Gasteiger partial charge in [-0.25, -0.2) is 0 Å². The van der Waals surface area contributed by atoms with Crippen LogP contribution in [0.1, 0.15) is 52.0 Å². The van der Waals surface area contributed by atoms with Gasteiger partial charge in [0.15, 0.2) is 0 Å². The molecule has 1 aromatic rings. The molecule has 7 heteroatoms. The molecule has 0 radical (unpaired) electrons. The molecule has 1 N–H and O–H groups in total. The van der Waals surface area contributed by atoms with Gasteiger partial charge >= 0.3 is 0 Å². The van der Waals surface area contributed by atoms with Crippen molar-refractivity contribution in [3.05, 3.63) is 35.9 Å². The molecule has 0 bridgehead atoms. The lowest BCUT2D eigenvalue weighted by Crippen LogP contribution is -2.56. The van der Waals surface area contributed by atoms with Gasteiger partial charge in [0.1, 0.15) is 6.04 Å². The minimum absolute atomic E-state index is 0.00179. The lowest BCUT2D eigenvalue weighted by Gasteiger charge is -2.38. The minimum Gasteiger partial charge on any atom is -0.379 e. The summed E-state index contributed by atoms with van der Waals surface area (Å²) >= 11 is 0. The zero-order valence-corrected chi connectivity index (χ0v) is 20.8. The highest BCUT2D eigenvalue weighted by atomic mass is 16.5. The molecule has 5 atom stereocenters.